The fraction of sp³-hybridized carbons (Fsp3) is 1.00. The van der Waals surface area contributed by atoms with E-state index < -0.39 is 16.5 Å². The molecule has 0 saturated carbocycles. The van der Waals surface area contributed by atoms with Crippen LogP contribution in [-0.4, -0.2) is 70.0 Å². The number of rotatable bonds is 7. The lowest BCUT2D eigenvalue weighted by atomic mass is 10.5. The van der Waals surface area contributed by atoms with Gasteiger partial charge in [0, 0.05) is 0 Å². The molecule has 0 amide bonds. The Balaban J connectivity index is 0.000000280. The van der Waals surface area contributed by atoms with Crippen LogP contribution in [0.2, 0.25) is 0 Å². The van der Waals surface area contributed by atoms with Crippen LogP contribution in [0.3, 0.4) is 0 Å². The van der Waals surface area contributed by atoms with E-state index in [1.807, 2.05) is 0 Å². The Morgan fingerprint density at radius 3 is 1.78 bits per heavy atom. The SMILES string of the molecule is CC(O)CO.O=S(=O)(OCC1CO1)OCC1CO1. The molecule has 2 heterocycles. The Labute approximate surface area is 106 Å². The number of ether oxygens (including phenoxy) is 2. The summed E-state index contributed by atoms with van der Waals surface area (Å²) in [5.41, 5.74) is 0. The van der Waals surface area contributed by atoms with Gasteiger partial charge in [-0.05, 0) is 6.92 Å². The van der Waals surface area contributed by atoms with E-state index in [1.54, 1.807) is 0 Å². The zero-order valence-corrected chi connectivity index (χ0v) is 10.8. The van der Waals surface area contributed by atoms with Crippen LogP contribution in [0.1, 0.15) is 6.92 Å². The minimum absolute atomic E-state index is 0.0356. The van der Waals surface area contributed by atoms with Gasteiger partial charge in [-0.1, -0.05) is 0 Å². The average molecular weight is 286 g/mol. The summed E-state index contributed by atoms with van der Waals surface area (Å²) in [6.07, 6.45) is -0.735. The van der Waals surface area contributed by atoms with Crippen LogP contribution in [-0.2, 0) is 28.2 Å². The summed E-state index contributed by atoms with van der Waals surface area (Å²) in [5, 5.41) is 16.0. The number of hydrogen-bond donors (Lipinski definition) is 2. The predicted molar refractivity (Wildman–Crippen MR) is 59.1 cm³/mol. The maximum absolute atomic E-state index is 10.9. The molecule has 0 aromatic heterocycles. The molecule has 9 heteroatoms. The first-order valence-electron chi connectivity index (χ1n) is 5.49. The summed E-state index contributed by atoms with van der Waals surface area (Å²) < 4.78 is 40.4. The van der Waals surface area contributed by atoms with Crippen molar-refractivity contribution in [1.29, 1.82) is 0 Å². The van der Waals surface area contributed by atoms with Crippen molar-refractivity contribution in [3.8, 4) is 0 Å². The smallest absolute Gasteiger partial charge is 0.394 e. The Hall–Kier alpha value is -0.290. The van der Waals surface area contributed by atoms with Gasteiger partial charge in [0.05, 0.1) is 39.1 Å². The monoisotopic (exact) mass is 286 g/mol. The highest BCUT2D eigenvalue weighted by atomic mass is 32.3. The van der Waals surface area contributed by atoms with Crippen molar-refractivity contribution in [3.05, 3.63) is 0 Å². The fourth-order valence-corrected chi connectivity index (χ4v) is 1.39. The third-order valence-electron chi connectivity index (χ3n) is 1.87. The summed E-state index contributed by atoms with van der Waals surface area (Å²) in [4.78, 5) is 0. The van der Waals surface area contributed by atoms with Gasteiger partial charge in [-0.3, -0.25) is 0 Å². The molecule has 0 aromatic rings. The molecule has 0 aromatic carbocycles. The lowest BCUT2D eigenvalue weighted by molar-refractivity contribution is 0.110. The Kier molecular flexibility index (Phi) is 6.43. The number of epoxide rings is 2. The van der Waals surface area contributed by atoms with Gasteiger partial charge in [0.15, 0.2) is 0 Å². The lowest BCUT2D eigenvalue weighted by Gasteiger charge is -2.02. The van der Waals surface area contributed by atoms with E-state index in [2.05, 4.69) is 8.37 Å². The van der Waals surface area contributed by atoms with E-state index in [-0.39, 0.29) is 32.0 Å². The van der Waals surface area contributed by atoms with Crippen LogP contribution in [0.5, 0.6) is 0 Å². The Morgan fingerprint density at radius 1 is 1.22 bits per heavy atom. The summed E-state index contributed by atoms with van der Waals surface area (Å²) in [5.74, 6) is 0. The average Bonchev–Trinajstić information content (AvgIpc) is 3.18. The fourth-order valence-electron chi connectivity index (χ4n) is 0.681. The Bertz CT molecular complexity index is 297. The molecule has 18 heavy (non-hydrogen) atoms. The molecule has 2 saturated heterocycles. The first kappa shape index (κ1) is 15.8. The third-order valence-corrected chi connectivity index (χ3v) is 2.72. The van der Waals surface area contributed by atoms with E-state index in [4.69, 9.17) is 19.7 Å². The van der Waals surface area contributed by atoms with Crippen LogP contribution in [0.4, 0.5) is 0 Å². The summed E-state index contributed by atoms with van der Waals surface area (Å²) in [6, 6.07) is 0. The highest BCUT2D eigenvalue weighted by Gasteiger charge is 2.29. The standard InChI is InChI=1S/C6H10O6S.C3H8O2/c7-13(8,11-3-5-1-9-5)12-4-6-2-10-6;1-3(5)2-4/h5-6H,1-4H2;3-5H,2H2,1H3. The molecule has 2 aliphatic heterocycles. The van der Waals surface area contributed by atoms with Crippen molar-refractivity contribution in [3.63, 3.8) is 0 Å². The van der Waals surface area contributed by atoms with Gasteiger partial charge < -0.3 is 19.7 Å². The van der Waals surface area contributed by atoms with Crippen LogP contribution < -0.4 is 0 Å². The molecule has 3 unspecified atom stereocenters. The maximum atomic E-state index is 10.9. The highest BCUT2D eigenvalue weighted by molar-refractivity contribution is 7.81. The Morgan fingerprint density at radius 2 is 1.56 bits per heavy atom. The quantitative estimate of drug-likeness (QED) is 0.538. The highest BCUT2D eigenvalue weighted by Crippen LogP contribution is 2.13. The maximum Gasteiger partial charge on any atom is 0.400 e. The summed E-state index contributed by atoms with van der Waals surface area (Å²) in [7, 11) is -3.85. The van der Waals surface area contributed by atoms with Crippen molar-refractivity contribution in [2.24, 2.45) is 0 Å². The van der Waals surface area contributed by atoms with Crippen LogP contribution >= 0.6 is 0 Å². The van der Waals surface area contributed by atoms with Gasteiger partial charge in [0.2, 0.25) is 0 Å². The largest absolute Gasteiger partial charge is 0.400 e. The van der Waals surface area contributed by atoms with Crippen LogP contribution in [0.25, 0.3) is 0 Å². The second-order valence-electron chi connectivity index (χ2n) is 3.92. The molecule has 0 spiro atoms. The number of hydrogen-bond acceptors (Lipinski definition) is 8. The van der Waals surface area contributed by atoms with Gasteiger partial charge in [-0.15, -0.1) is 0 Å². The van der Waals surface area contributed by atoms with Crippen molar-refractivity contribution >= 4 is 10.4 Å². The third kappa shape index (κ3) is 8.75. The van der Waals surface area contributed by atoms with Crippen molar-refractivity contribution in [1.82, 2.24) is 0 Å². The van der Waals surface area contributed by atoms with Crippen LogP contribution in [0, 0.1) is 0 Å². The zero-order chi connectivity index (χ0) is 13.6. The van der Waals surface area contributed by atoms with Gasteiger partial charge in [0.25, 0.3) is 0 Å². The lowest BCUT2D eigenvalue weighted by Crippen LogP contribution is -2.16. The second-order valence-corrected chi connectivity index (χ2v) is 5.21. The summed E-state index contributed by atoms with van der Waals surface area (Å²) >= 11 is 0. The minimum atomic E-state index is -3.85. The topological polar surface area (TPSA) is 118 Å². The van der Waals surface area contributed by atoms with Gasteiger partial charge in [0.1, 0.15) is 12.2 Å². The summed E-state index contributed by atoms with van der Waals surface area (Å²) in [6.45, 7) is 2.57. The molecular formula is C9H18O8S. The van der Waals surface area contributed by atoms with Gasteiger partial charge in [-0.25, -0.2) is 8.37 Å². The first-order valence-corrected chi connectivity index (χ1v) is 6.82. The molecule has 0 bridgehead atoms. The molecular weight excluding hydrogens is 268 g/mol. The molecule has 2 N–H and O–H groups in total. The molecule has 108 valence electrons. The van der Waals surface area contributed by atoms with E-state index in [0.29, 0.717) is 13.2 Å². The van der Waals surface area contributed by atoms with Crippen molar-refractivity contribution in [2.45, 2.75) is 25.2 Å². The zero-order valence-electron chi connectivity index (χ0n) is 10.0. The van der Waals surface area contributed by atoms with E-state index in [1.165, 1.54) is 6.92 Å². The molecule has 2 rings (SSSR count). The van der Waals surface area contributed by atoms with E-state index in [0.717, 1.165) is 0 Å². The van der Waals surface area contributed by atoms with Crippen LogP contribution in [0.15, 0.2) is 0 Å². The number of aliphatic hydroxyl groups excluding tert-OH is 2. The molecule has 2 aliphatic rings. The number of aliphatic hydroxyl groups is 2. The second kappa shape index (κ2) is 7.34. The normalized spacial score (nSPS) is 27.1. The van der Waals surface area contributed by atoms with Crippen molar-refractivity contribution in [2.75, 3.05) is 33.0 Å². The van der Waals surface area contributed by atoms with E-state index >= 15 is 0 Å². The minimum Gasteiger partial charge on any atom is -0.394 e. The first-order chi connectivity index (χ1) is 8.43. The van der Waals surface area contributed by atoms with Crippen molar-refractivity contribution < 1.29 is 36.5 Å². The predicted octanol–water partition coefficient (Wildman–Crippen LogP) is -1.58. The van der Waals surface area contributed by atoms with Gasteiger partial charge >= 0.3 is 10.4 Å². The molecule has 3 atom stereocenters. The van der Waals surface area contributed by atoms with E-state index in [9.17, 15) is 8.42 Å². The molecule has 0 radical (unpaired) electrons. The molecule has 8 nitrogen and oxygen atoms in total. The molecule has 2 fully saturated rings. The van der Waals surface area contributed by atoms with Gasteiger partial charge in [-0.2, -0.15) is 8.42 Å². The molecule has 0 aliphatic carbocycles.